The molecule has 0 unspecified atom stereocenters. The topological polar surface area (TPSA) is 107 Å². The summed E-state index contributed by atoms with van der Waals surface area (Å²) in [6.07, 6.45) is 5.83. The van der Waals surface area contributed by atoms with Crippen LogP contribution in [-0.4, -0.2) is 48.5 Å². The first-order valence-electron chi connectivity index (χ1n) is 11.5. The van der Waals surface area contributed by atoms with Crippen molar-refractivity contribution in [1.82, 2.24) is 30.0 Å². The first kappa shape index (κ1) is 22.9. The monoisotopic (exact) mass is 451 g/mol. The summed E-state index contributed by atoms with van der Waals surface area (Å²) in [5, 5.41) is 12.1. The van der Waals surface area contributed by atoms with Gasteiger partial charge in [0.15, 0.2) is 5.65 Å². The zero-order valence-electron chi connectivity index (χ0n) is 20.2. The molecule has 0 aromatic carbocycles. The zero-order chi connectivity index (χ0) is 23.8. The Bertz CT molecular complexity index is 1150. The quantitative estimate of drug-likeness (QED) is 0.592. The van der Waals surface area contributed by atoms with E-state index in [0.29, 0.717) is 11.9 Å². The average Bonchev–Trinajstić information content (AvgIpc) is 3.30. The molecule has 9 heteroatoms. The molecular weight excluding hydrogens is 418 g/mol. The van der Waals surface area contributed by atoms with Crippen LogP contribution >= 0.6 is 0 Å². The van der Waals surface area contributed by atoms with Crippen molar-refractivity contribution in [2.45, 2.75) is 77.5 Å². The Kier molecular flexibility index (Phi) is 6.23. The molecule has 3 aromatic heterocycles. The molecule has 1 aliphatic rings. The van der Waals surface area contributed by atoms with Gasteiger partial charge in [0.2, 0.25) is 5.95 Å². The number of alkyl carbamates (subject to hydrolysis) is 1. The Hall–Kier alpha value is -3.23. The van der Waals surface area contributed by atoms with Gasteiger partial charge in [0.25, 0.3) is 0 Å². The zero-order valence-corrected chi connectivity index (χ0v) is 20.2. The second kappa shape index (κ2) is 8.96. The van der Waals surface area contributed by atoms with Crippen LogP contribution < -0.4 is 10.6 Å². The molecule has 1 aliphatic carbocycles. The van der Waals surface area contributed by atoms with Crippen molar-refractivity contribution >= 4 is 23.1 Å². The van der Waals surface area contributed by atoms with Gasteiger partial charge in [-0.1, -0.05) is 13.8 Å². The first-order chi connectivity index (χ1) is 15.6. The van der Waals surface area contributed by atoms with Gasteiger partial charge in [-0.15, -0.1) is 0 Å². The number of nitrogens with zero attached hydrogens (tertiary/aromatic N) is 5. The van der Waals surface area contributed by atoms with E-state index in [1.807, 2.05) is 44.8 Å². The van der Waals surface area contributed by atoms with Crippen molar-refractivity contribution in [3.63, 3.8) is 0 Å². The van der Waals surface area contributed by atoms with Crippen LogP contribution in [0.5, 0.6) is 0 Å². The average molecular weight is 452 g/mol. The number of fused-ring (bicyclic) bond motifs is 1. The van der Waals surface area contributed by atoms with Gasteiger partial charge in [0.1, 0.15) is 5.60 Å². The van der Waals surface area contributed by atoms with E-state index in [-0.39, 0.29) is 18.2 Å². The molecule has 1 saturated carbocycles. The van der Waals surface area contributed by atoms with E-state index in [1.165, 1.54) is 0 Å². The normalized spacial score (nSPS) is 18.6. The summed E-state index contributed by atoms with van der Waals surface area (Å²) in [6.45, 7) is 9.85. The number of ether oxygens (including phenoxy) is 1. The third kappa shape index (κ3) is 5.40. The summed E-state index contributed by atoms with van der Waals surface area (Å²) < 4.78 is 7.19. The lowest BCUT2D eigenvalue weighted by atomic mass is 10.1. The van der Waals surface area contributed by atoms with Crippen LogP contribution in [0.15, 0.2) is 24.5 Å². The molecule has 176 valence electrons. The van der Waals surface area contributed by atoms with Crippen molar-refractivity contribution < 1.29 is 9.53 Å². The molecule has 2 atom stereocenters. The van der Waals surface area contributed by atoms with Crippen LogP contribution in [0.2, 0.25) is 0 Å². The van der Waals surface area contributed by atoms with Crippen LogP contribution in [-0.2, 0) is 11.8 Å². The van der Waals surface area contributed by atoms with Gasteiger partial charge in [0.05, 0.1) is 11.4 Å². The number of hydrogen-bond donors (Lipinski definition) is 2. The SMILES string of the molecule is CC(C)c1nn(C)c2ncc(-c3ccnc(N[C@H]4CC[C@H](NC(=O)OC(C)(C)C)C4)n3)cc12. The number of pyridine rings is 1. The van der Waals surface area contributed by atoms with Gasteiger partial charge in [-0.25, -0.2) is 19.7 Å². The summed E-state index contributed by atoms with van der Waals surface area (Å²) in [5.41, 5.74) is 3.13. The fourth-order valence-electron chi connectivity index (χ4n) is 4.22. The molecule has 9 nitrogen and oxygen atoms in total. The van der Waals surface area contributed by atoms with Crippen LogP contribution in [0.4, 0.5) is 10.7 Å². The summed E-state index contributed by atoms with van der Waals surface area (Å²) >= 11 is 0. The second-order valence-corrected chi connectivity index (χ2v) is 10.0. The van der Waals surface area contributed by atoms with Gasteiger partial charge in [0, 0.05) is 42.5 Å². The summed E-state index contributed by atoms with van der Waals surface area (Å²) in [6, 6.07) is 4.26. The molecule has 0 spiro atoms. The minimum Gasteiger partial charge on any atom is -0.444 e. The molecule has 0 aliphatic heterocycles. The highest BCUT2D eigenvalue weighted by Gasteiger charge is 2.28. The van der Waals surface area contributed by atoms with E-state index in [2.05, 4.69) is 45.6 Å². The van der Waals surface area contributed by atoms with E-state index >= 15 is 0 Å². The van der Waals surface area contributed by atoms with E-state index in [4.69, 9.17) is 9.72 Å². The highest BCUT2D eigenvalue weighted by molar-refractivity contribution is 5.83. The van der Waals surface area contributed by atoms with Gasteiger partial charge in [-0.3, -0.25) is 4.68 Å². The van der Waals surface area contributed by atoms with Crippen molar-refractivity contribution in [2.24, 2.45) is 7.05 Å². The molecule has 3 heterocycles. The molecule has 0 saturated heterocycles. The fourth-order valence-corrected chi connectivity index (χ4v) is 4.22. The first-order valence-corrected chi connectivity index (χ1v) is 11.5. The smallest absolute Gasteiger partial charge is 0.407 e. The lowest BCUT2D eigenvalue weighted by molar-refractivity contribution is 0.0505. The molecule has 3 aromatic rings. The van der Waals surface area contributed by atoms with Crippen LogP contribution in [0.25, 0.3) is 22.3 Å². The van der Waals surface area contributed by atoms with Crippen molar-refractivity contribution in [3.8, 4) is 11.3 Å². The third-order valence-electron chi connectivity index (χ3n) is 5.69. The van der Waals surface area contributed by atoms with Gasteiger partial charge in [-0.05, 0) is 58.1 Å². The standard InChI is InChI=1S/C24H33N7O2/c1-14(2)20-18-11-15(13-26-21(18)31(6)30-20)19-9-10-25-22(29-19)27-16-7-8-17(12-16)28-23(32)33-24(3,4)5/h9-11,13-14,16-17H,7-8,12H2,1-6H3,(H,28,32)(H,25,27,29)/t16-,17-/m0/s1. The van der Waals surface area contributed by atoms with Gasteiger partial charge in [-0.2, -0.15) is 5.10 Å². The van der Waals surface area contributed by atoms with Crippen LogP contribution in [0.1, 0.15) is 65.5 Å². The Balaban J connectivity index is 1.45. The fraction of sp³-hybridized carbons (Fsp3) is 0.542. The van der Waals surface area contributed by atoms with E-state index in [0.717, 1.165) is 47.2 Å². The molecule has 1 amide bonds. The number of amides is 1. The predicted octanol–water partition coefficient (Wildman–Crippen LogP) is 4.41. The largest absolute Gasteiger partial charge is 0.444 e. The number of hydrogen-bond acceptors (Lipinski definition) is 7. The number of aryl methyl sites for hydroxylation is 1. The van der Waals surface area contributed by atoms with Crippen molar-refractivity contribution in [3.05, 3.63) is 30.2 Å². The number of aromatic nitrogens is 5. The van der Waals surface area contributed by atoms with E-state index in [9.17, 15) is 4.79 Å². The van der Waals surface area contributed by atoms with E-state index < -0.39 is 5.60 Å². The number of carbonyl (C=O) groups excluding carboxylic acids is 1. The van der Waals surface area contributed by atoms with Crippen LogP contribution in [0.3, 0.4) is 0 Å². The van der Waals surface area contributed by atoms with Crippen molar-refractivity contribution in [2.75, 3.05) is 5.32 Å². The lowest BCUT2D eigenvalue weighted by Gasteiger charge is -2.21. The Morgan fingerprint density at radius 2 is 1.97 bits per heavy atom. The minimum atomic E-state index is -0.502. The maximum Gasteiger partial charge on any atom is 0.407 e. The summed E-state index contributed by atoms with van der Waals surface area (Å²) in [4.78, 5) is 25.8. The number of rotatable bonds is 5. The Labute approximate surface area is 194 Å². The molecule has 33 heavy (non-hydrogen) atoms. The molecular formula is C24H33N7O2. The van der Waals surface area contributed by atoms with Gasteiger partial charge >= 0.3 is 6.09 Å². The predicted molar refractivity (Wildman–Crippen MR) is 128 cm³/mol. The molecule has 4 rings (SSSR count). The number of anilines is 1. The molecule has 0 bridgehead atoms. The maximum atomic E-state index is 12.1. The maximum absolute atomic E-state index is 12.1. The minimum absolute atomic E-state index is 0.0761. The summed E-state index contributed by atoms with van der Waals surface area (Å²) in [7, 11) is 1.92. The lowest BCUT2D eigenvalue weighted by Crippen LogP contribution is -2.38. The summed E-state index contributed by atoms with van der Waals surface area (Å²) in [5.74, 6) is 0.878. The highest BCUT2D eigenvalue weighted by Crippen LogP contribution is 2.28. The molecule has 0 radical (unpaired) electrons. The third-order valence-corrected chi connectivity index (χ3v) is 5.69. The van der Waals surface area contributed by atoms with E-state index in [1.54, 1.807) is 6.20 Å². The Morgan fingerprint density at radius 1 is 1.21 bits per heavy atom. The number of carbonyl (C=O) groups is 1. The van der Waals surface area contributed by atoms with Gasteiger partial charge < -0.3 is 15.4 Å². The van der Waals surface area contributed by atoms with Crippen LogP contribution in [0, 0.1) is 0 Å². The molecule has 1 fully saturated rings. The number of nitrogens with one attached hydrogen (secondary N) is 2. The Morgan fingerprint density at radius 3 is 2.70 bits per heavy atom. The second-order valence-electron chi connectivity index (χ2n) is 10.0. The highest BCUT2D eigenvalue weighted by atomic mass is 16.6. The molecule has 2 N–H and O–H groups in total. The van der Waals surface area contributed by atoms with Crippen molar-refractivity contribution in [1.29, 1.82) is 0 Å².